The van der Waals surface area contributed by atoms with Crippen LogP contribution in [0.2, 0.25) is 0 Å². The molecule has 3 aromatic heterocycles. The van der Waals surface area contributed by atoms with Gasteiger partial charge in [-0.1, -0.05) is 0 Å². The first-order valence-electron chi connectivity index (χ1n) is 5.80. The van der Waals surface area contributed by atoms with Crippen LogP contribution in [0.1, 0.15) is 10.5 Å². The van der Waals surface area contributed by atoms with Gasteiger partial charge in [0.05, 0.1) is 11.6 Å². The van der Waals surface area contributed by atoms with Crippen LogP contribution in [0.5, 0.6) is 0 Å². The fourth-order valence-corrected chi connectivity index (χ4v) is 1.80. The van der Waals surface area contributed by atoms with E-state index in [1.807, 2.05) is 0 Å². The van der Waals surface area contributed by atoms with Gasteiger partial charge in [-0.3, -0.25) is 9.89 Å². The lowest BCUT2D eigenvalue weighted by atomic mass is 10.4. The van der Waals surface area contributed by atoms with E-state index in [1.165, 1.54) is 9.58 Å². The second-order valence-electron chi connectivity index (χ2n) is 4.38. The van der Waals surface area contributed by atoms with Crippen molar-refractivity contribution in [2.75, 3.05) is 19.8 Å². The molecule has 20 heavy (non-hydrogen) atoms. The molecule has 1 amide bonds. The molecule has 0 unspecified atom stereocenters. The van der Waals surface area contributed by atoms with Crippen LogP contribution in [0.15, 0.2) is 18.5 Å². The van der Waals surface area contributed by atoms with Gasteiger partial charge < -0.3 is 10.6 Å². The number of anilines is 1. The zero-order valence-corrected chi connectivity index (χ0v) is 10.9. The smallest absolute Gasteiger partial charge is 0.273 e. The van der Waals surface area contributed by atoms with Gasteiger partial charge >= 0.3 is 0 Å². The lowest BCUT2D eigenvalue weighted by molar-refractivity contribution is 0.0821. The third-order valence-corrected chi connectivity index (χ3v) is 2.74. The van der Waals surface area contributed by atoms with E-state index in [0.717, 1.165) is 0 Å². The molecular weight excluding hydrogens is 260 g/mol. The molecule has 0 aliphatic rings. The van der Waals surface area contributed by atoms with Crippen LogP contribution in [-0.4, -0.2) is 54.8 Å². The van der Waals surface area contributed by atoms with Crippen LogP contribution < -0.4 is 5.73 Å². The van der Waals surface area contributed by atoms with Crippen molar-refractivity contribution < 1.29 is 4.79 Å². The van der Waals surface area contributed by atoms with Gasteiger partial charge in [0.1, 0.15) is 0 Å². The number of hydrogen-bond acceptors (Lipinski definition) is 6. The summed E-state index contributed by atoms with van der Waals surface area (Å²) < 4.78 is 1.48. The third-order valence-electron chi connectivity index (χ3n) is 2.74. The van der Waals surface area contributed by atoms with Crippen LogP contribution in [0.3, 0.4) is 0 Å². The fraction of sp³-hybridized carbons (Fsp3) is 0.182. The summed E-state index contributed by atoms with van der Waals surface area (Å²) in [6, 6.07) is 1.62. The third kappa shape index (κ3) is 1.85. The van der Waals surface area contributed by atoms with Crippen molar-refractivity contribution in [3.8, 4) is 5.82 Å². The molecule has 0 saturated heterocycles. The molecule has 0 bridgehead atoms. The number of nitrogen functional groups attached to an aromatic ring is 1. The van der Waals surface area contributed by atoms with Crippen molar-refractivity contribution in [2.24, 2.45) is 0 Å². The molecule has 3 rings (SSSR count). The SMILES string of the molecule is CN(C)C(=O)c1ccn(-c2nc(N)nc3[nH]ncc23)n1. The van der Waals surface area contributed by atoms with Gasteiger partial charge in [0.15, 0.2) is 17.2 Å². The number of aromatic amines is 1. The van der Waals surface area contributed by atoms with E-state index in [9.17, 15) is 4.79 Å². The Kier molecular flexibility index (Phi) is 2.60. The van der Waals surface area contributed by atoms with E-state index in [-0.39, 0.29) is 11.9 Å². The Hall–Kier alpha value is -2.97. The second-order valence-corrected chi connectivity index (χ2v) is 4.38. The van der Waals surface area contributed by atoms with Crippen molar-refractivity contribution in [3.63, 3.8) is 0 Å². The van der Waals surface area contributed by atoms with Crippen molar-refractivity contribution in [2.45, 2.75) is 0 Å². The van der Waals surface area contributed by atoms with Crippen molar-refractivity contribution in [3.05, 3.63) is 24.2 Å². The first-order chi connectivity index (χ1) is 9.56. The van der Waals surface area contributed by atoms with Gasteiger partial charge in [-0.2, -0.15) is 20.2 Å². The Labute approximate surface area is 113 Å². The summed E-state index contributed by atoms with van der Waals surface area (Å²) in [6.07, 6.45) is 3.23. The normalized spacial score (nSPS) is 10.9. The number of nitrogens with one attached hydrogen (secondary N) is 1. The Balaban J connectivity index is 2.12. The van der Waals surface area contributed by atoms with Gasteiger partial charge in [0.2, 0.25) is 5.95 Å². The summed E-state index contributed by atoms with van der Waals surface area (Å²) in [5.74, 6) is 0.390. The van der Waals surface area contributed by atoms with Gasteiger partial charge in [-0.15, -0.1) is 0 Å². The zero-order chi connectivity index (χ0) is 14.3. The number of nitrogens with two attached hydrogens (primary N) is 1. The zero-order valence-electron chi connectivity index (χ0n) is 10.9. The second kappa shape index (κ2) is 4.30. The summed E-state index contributed by atoms with van der Waals surface area (Å²) in [6.45, 7) is 0. The Morgan fingerprint density at radius 1 is 1.40 bits per heavy atom. The monoisotopic (exact) mass is 272 g/mol. The molecule has 0 aliphatic heterocycles. The average molecular weight is 272 g/mol. The highest BCUT2D eigenvalue weighted by molar-refractivity contribution is 5.92. The molecule has 9 nitrogen and oxygen atoms in total. The van der Waals surface area contributed by atoms with E-state index in [1.54, 1.807) is 32.6 Å². The Bertz CT molecular complexity index is 787. The van der Waals surface area contributed by atoms with Gasteiger partial charge in [0.25, 0.3) is 5.91 Å². The molecule has 9 heteroatoms. The number of rotatable bonds is 2. The number of carbonyl (C=O) groups excluding carboxylic acids is 1. The highest BCUT2D eigenvalue weighted by Gasteiger charge is 2.15. The highest BCUT2D eigenvalue weighted by atomic mass is 16.2. The van der Waals surface area contributed by atoms with Crippen LogP contribution >= 0.6 is 0 Å². The van der Waals surface area contributed by atoms with E-state index >= 15 is 0 Å². The minimum atomic E-state index is -0.186. The van der Waals surface area contributed by atoms with E-state index in [2.05, 4.69) is 25.3 Å². The summed E-state index contributed by atoms with van der Waals surface area (Å²) >= 11 is 0. The number of fused-ring (bicyclic) bond motifs is 1. The van der Waals surface area contributed by atoms with Crippen LogP contribution in [0.4, 0.5) is 5.95 Å². The van der Waals surface area contributed by atoms with Crippen LogP contribution in [0.25, 0.3) is 16.9 Å². The van der Waals surface area contributed by atoms with Crippen molar-refractivity contribution >= 4 is 22.9 Å². The fourth-order valence-electron chi connectivity index (χ4n) is 1.80. The maximum Gasteiger partial charge on any atom is 0.273 e. The predicted octanol–water partition coefficient (Wildman–Crippen LogP) is -0.177. The molecule has 0 fully saturated rings. The molecular formula is C11H12N8O. The van der Waals surface area contributed by atoms with Crippen molar-refractivity contribution in [1.82, 2.24) is 34.8 Å². The minimum Gasteiger partial charge on any atom is -0.368 e. The number of amides is 1. The minimum absolute atomic E-state index is 0.104. The van der Waals surface area contributed by atoms with Crippen LogP contribution in [-0.2, 0) is 0 Å². The largest absolute Gasteiger partial charge is 0.368 e. The van der Waals surface area contributed by atoms with Crippen molar-refractivity contribution in [1.29, 1.82) is 0 Å². The first-order valence-corrected chi connectivity index (χ1v) is 5.80. The predicted molar refractivity (Wildman–Crippen MR) is 71.2 cm³/mol. The summed E-state index contributed by atoms with van der Waals surface area (Å²) in [5.41, 5.74) is 6.49. The summed E-state index contributed by atoms with van der Waals surface area (Å²) in [5, 5.41) is 11.5. The van der Waals surface area contributed by atoms with Gasteiger partial charge in [-0.25, -0.2) is 4.68 Å². The van der Waals surface area contributed by atoms with Gasteiger partial charge in [0, 0.05) is 20.3 Å². The standard InChI is InChI=1S/C11H12N8O/c1-18(2)10(20)7-3-4-19(17-7)9-6-5-13-16-8(6)14-11(12)15-9/h3-5H,1-2H3,(H3,12,13,14,15,16). The van der Waals surface area contributed by atoms with E-state index < -0.39 is 0 Å². The molecule has 3 heterocycles. The molecule has 3 aromatic rings. The molecule has 0 aromatic carbocycles. The summed E-state index contributed by atoms with van der Waals surface area (Å²) in [4.78, 5) is 21.5. The molecule has 0 saturated carbocycles. The maximum atomic E-state index is 11.8. The molecule has 102 valence electrons. The molecule has 0 atom stereocenters. The number of H-pyrrole nitrogens is 1. The number of hydrogen-bond donors (Lipinski definition) is 2. The maximum absolute atomic E-state index is 11.8. The number of carbonyl (C=O) groups is 1. The van der Waals surface area contributed by atoms with Crippen LogP contribution in [0, 0.1) is 0 Å². The lowest BCUT2D eigenvalue weighted by Crippen LogP contribution is -2.22. The molecule has 0 spiro atoms. The van der Waals surface area contributed by atoms with Gasteiger partial charge in [-0.05, 0) is 6.07 Å². The molecule has 0 aliphatic carbocycles. The highest BCUT2D eigenvalue weighted by Crippen LogP contribution is 2.17. The van der Waals surface area contributed by atoms with E-state index in [0.29, 0.717) is 22.5 Å². The number of nitrogens with zero attached hydrogens (tertiary/aromatic N) is 6. The number of aromatic nitrogens is 6. The molecule has 3 N–H and O–H groups in total. The van der Waals surface area contributed by atoms with E-state index in [4.69, 9.17) is 5.73 Å². The Morgan fingerprint density at radius 3 is 2.95 bits per heavy atom. The first kappa shape index (κ1) is 12.1. The Morgan fingerprint density at radius 2 is 2.20 bits per heavy atom. The lowest BCUT2D eigenvalue weighted by Gasteiger charge is -2.07. The molecule has 0 radical (unpaired) electrons. The summed E-state index contributed by atoms with van der Waals surface area (Å²) in [7, 11) is 3.33. The quantitative estimate of drug-likeness (QED) is 0.668. The average Bonchev–Trinajstić information content (AvgIpc) is 3.05. The topological polar surface area (TPSA) is 119 Å².